The predicted molar refractivity (Wildman–Crippen MR) is 65.1 cm³/mol. The molecule has 0 bridgehead atoms. The van der Waals surface area contributed by atoms with Crippen LogP contribution in [0.3, 0.4) is 0 Å². The van der Waals surface area contributed by atoms with Crippen molar-refractivity contribution in [2.45, 2.75) is 25.0 Å². The highest BCUT2D eigenvalue weighted by atomic mass is 35.7. The molecule has 0 aliphatic heterocycles. The van der Waals surface area contributed by atoms with E-state index in [0.717, 1.165) is 0 Å². The summed E-state index contributed by atoms with van der Waals surface area (Å²) < 4.78 is 34.2. The first-order valence-corrected chi connectivity index (χ1v) is 7.75. The van der Waals surface area contributed by atoms with E-state index in [-0.39, 0.29) is 5.16 Å². The van der Waals surface area contributed by atoms with Crippen molar-refractivity contribution in [2.75, 3.05) is 26.9 Å². The number of methoxy groups -OCH3 is 1. The van der Waals surface area contributed by atoms with Gasteiger partial charge in [0.25, 0.3) is 14.2 Å². The molecule has 1 rings (SSSR count). The van der Waals surface area contributed by atoms with E-state index in [2.05, 4.69) is 10.2 Å². The maximum absolute atomic E-state index is 11.3. The molecule has 1 heterocycles. The van der Waals surface area contributed by atoms with E-state index in [0.29, 0.717) is 38.6 Å². The summed E-state index contributed by atoms with van der Waals surface area (Å²) in [6, 6.07) is 0. The second-order valence-electron chi connectivity index (χ2n) is 3.43. The Morgan fingerprint density at radius 3 is 2.61 bits per heavy atom. The van der Waals surface area contributed by atoms with Crippen molar-refractivity contribution in [1.82, 2.24) is 14.8 Å². The first-order chi connectivity index (χ1) is 8.50. The van der Waals surface area contributed by atoms with Gasteiger partial charge < -0.3 is 9.47 Å². The first-order valence-electron chi connectivity index (χ1n) is 5.44. The SMILES string of the molecule is CCOCCc1nnc(S(=O)(=O)Cl)n1CCOC. The zero-order valence-electron chi connectivity index (χ0n) is 10.3. The summed E-state index contributed by atoms with van der Waals surface area (Å²) in [6.45, 7) is 3.59. The Morgan fingerprint density at radius 2 is 2.06 bits per heavy atom. The quantitative estimate of drug-likeness (QED) is 0.511. The van der Waals surface area contributed by atoms with Gasteiger partial charge in [0.15, 0.2) is 0 Å². The van der Waals surface area contributed by atoms with Gasteiger partial charge in [-0.15, -0.1) is 10.2 Å². The van der Waals surface area contributed by atoms with Gasteiger partial charge in [0.1, 0.15) is 5.82 Å². The van der Waals surface area contributed by atoms with E-state index < -0.39 is 9.05 Å². The molecule has 7 nitrogen and oxygen atoms in total. The molecule has 0 saturated heterocycles. The smallest absolute Gasteiger partial charge is 0.296 e. The summed E-state index contributed by atoms with van der Waals surface area (Å²) in [4.78, 5) is 0. The van der Waals surface area contributed by atoms with Gasteiger partial charge in [-0.25, -0.2) is 8.42 Å². The summed E-state index contributed by atoms with van der Waals surface area (Å²) in [6.07, 6.45) is 0.469. The minimum Gasteiger partial charge on any atom is -0.383 e. The molecule has 1 aromatic heterocycles. The fraction of sp³-hybridized carbons (Fsp3) is 0.778. The van der Waals surface area contributed by atoms with Crippen molar-refractivity contribution in [1.29, 1.82) is 0 Å². The molecule has 0 aliphatic rings. The highest BCUT2D eigenvalue weighted by Crippen LogP contribution is 2.14. The summed E-state index contributed by atoms with van der Waals surface area (Å²) in [5.41, 5.74) is 0. The number of rotatable bonds is 8. The number of aromatic nitrogens is 3. The molecule has 18 heavy (non-hydrogen) atoms. The topological polar surface area (TPSA) is 83.3 Å². The van der Waals surface area contributed by atoms with Gasteiger partial charge in [-0.3, -0.25) is 4.57 Å². The fourth-order valence-corrected chi connectivity index (χ4v) is 2.34. The molecule has 0 amide bonds. The van der Waals surface area contributed by atoms with Crippen LogP contribution in [0.5, 0.6) is 0 Å². The number of halogens is 1. The van der Waals surface area contributed by atoms with Crippen molar-refractivity contribution < 1.29 is 17.9 Å². The van der Waals surface area contributed by atoms with Crippen molar-refractivity contribution in [3.8, 4) is 0 Å². The summed E-state index contributed by atoms with van der Waals surface area (Å²) in [5, 5.41) is 7.17. The lowest BCUT2D eigenvalue weighted by molar-refractivity contribution is 0.147. The number of nitrogens with zero attached hydrogens (tertiary/aromatic N) is 3. The molecule has 0 aromatic carbocycles. The van der Waals surface area contributed by atoms with Gasteiger partial charge in [0.2, 0.25) is 0 Å². The van der Waals surface area contributed by atoms with E-state index in [4.69, 9.17) is 20.2 Å². The molecule has 104 valence electrons. The normalized spacial score (nSPS) is 11.9. The van der Waals surface area contributed by atoms with Gasteiger partial charge in [-0.05, 0) is 6.92 Å². The Balaban J connectivity index is 2.92. The Bertz CT molecular complexity index is 474. The molecule has 0 unspecified atom stereocenters. The molecule has 0 aliphatic carbocycles. The summed E-state index contributed by atoms with van der Waals surface area (Å²) in [5.74, 6) is 0.514. The molecular formula is C9H16ClN3O4S. The zero-order chi connectivity index (χ0) is 13.6. The lowest BCUT2D eigenvalue weighted by Crippen LogP contribution is -2.14. The number of hydrogen-bond acceptors (Lipinski definition) is 6. The molecule has 0 spiro atoms. The average Bonchev–Trinajstić information content (AvgIpc) is 2.69. The minimum absolute atomic E-state index is 0.257. The van der Waals surface area contributed by atoms with Crippen molar-refractivity contribution in [3.63, 3.8) is 0 Å². The molecule has 0 radical (unpaired) electrons. The Kier molecular flexibility index (Phi) is 6.00. The van der Waals surface area contributed by atoms with E-state index in [9.17, 15) is 8.42 Å². The monoisotopic (exact) mass is 297 g/mol. The van der Waals surface area contributed by atoms with Crippen LogP contribution in [0.1, 0.15) is 12.7 Å². The maximum atomic E-state index is 11.3. The standard InChI is InChI=1S/C9H16ClN3O4S/c1-3-17-6-4-8-11-12-9(18(10,14)15)13(8)5-7-16-2/h3-7H2,1-2H3. The van der Waals surface area contributed by atoms with E-state index in [1.165, 1.54) is 11.7 Å². The summed E-state index contributed by atoms with van der Waals surface area (Å²) in [7, 11) is 2.91. The average molecular weight is 298 g/mol. The van der Waals surface area contributed by atoms with Crippen LogP contribution in [-0.4, -0.2) is 50.1 Å². The zero-order valence-corrected chi connectivity index (χ0v) is 11.9. The van der Waals surface area contributed by atoms with Crippen molar-refractivity contribution in [3.05, 3.63) is 5.82 Å². The maximum Gasteiger partial charge on any atom is 0.296 e. The van der Waals surface area contributed by atoms with Gasteiger partial charge in [-0.2, -0.15) is 0 Å². The lowest BCUT2D eigenvalue weighted by atomic mass is 10.4. The van der Waals surface area contributed by atoms with Gasteiger partial charge >= 0.3 is 0 Å². The van der Waals surface area contributed by atoms with Crippen LogP contribution >= 0.6 is 10.7 Å². The first kappa shape index (κ1) is 15.4. The Labute approximate surface area is 110 Å². The molecular weight excluding hydrogens is 282 g/mol. The van der Waals surface area contributed by atoms with E-state index >= 15 is 0 Å². The largest absolute Gasteiger partial charge is 0.383 e. The number of hydrogen-bond donors (Lipinski definition) is 0. The van der Waals surface area contributed by atoms with E-state index in [1.54, 1.807) is 0 Å². The van der Waals surface area contributed by atoms with Gasteiger partial charge in [0, 0.05) is 37.4 Å². The molecule has 9 heteroatoms. The predicted octanol–water partition coefficient (Wildman–Crippen LogP) is 0.431. The van der Waals surface area contributed by atoms with Crippen LogP contribution in [0.25, 0.3) is 0 Å². The Hall–Kier alpha value is -0.700. The van der Waals surface area contributed by atoms with Gasteiger partial charge in [-0.1, -0.05) is 0 Å². The second-order valence-corrected chi connectivity index (χ2v) is 5.89. The fourth-order valence-electron chi connectivity index (χ4n) is 1.40. The molecule has 0 saturated carbocycles. The number of ether oxygens (including phenoxy) is 2. The van der Waals surface area contributed by atoms with Crippen molar-refractivity contribution in [2.24, 2.45) is 0 Å². The third-order valence-corrected chi connectivity index (χ3v) is 3.36. The molecule has 0 atom stereocenters. The minimum atomic E-state index is -3.91. The van der Waals surface area contributed by atoms with E-state index in [1.807, 2.05) is 6.92 Å². The summed E-state index contributed by atoms with van der Waals surface area (Å²) >= 11 is 0. The third-order valence-electron chi connectivity index (χ3n) is 2.20. The highest BCUT2D eigenvalue weighted by Gasteiger charge is 2.22. The van der Waals surface area contributed by atoms with Crippen LogP contribution in [-0.2, 0) is 31.5 Å². The second kappa shape index (κ2) is 7.03. The van der Waals surface area contributed by atoms with Crippen LogP contribution in [0.4, 0.5) is 0 Å². The molecule has 1 aromatic rings. The van der Waals surface area contributed by atoms with Crippen LogP contribution < -0.4 is 0 Å². The van der Waals surface area contributed by atoms with Crippen LogP contribution in [0.2, 0.25) is 0 Å². The highest BCUT2D eigenvalue weighted by molar-refractivity contribution is 8.13. The van der Waals surface area contributed by atoms with Gasteiger partial charge in [0.05, 0.1) is 13.2 Å². The van der Waals surface area contributed by atoms with Crippen LogP contribution in [0, 0.1) is 0 Å². The van der Waals surface area contributed by atoms with Crippen molar-refractivity contribution >= 4 is 19.7 Å². The molecule has 0 fully saturated rings. The Morgan fingerprint density at radius 1 is 1.33 bits per heavy atom. The van der Waals surface area contributed by atoms with Crippen LogP contribution in [0.15, 0.2) is 5.16 Å². The third kappa shape index (κ3) is 4.20. The lowest BCUT2D eigenvalue weighted by Gasteiger charge is -2.08. The molecule has 0 N–H and O–H groups in total.